The van der Waals surface area contributed by atoms with Gasteiger partial charge in [-0.15, -0.1) is 11.3 Å². The van der Waals surface area contributed by atoms with Crippen molar-refractivity contribution in [3.63, 3.8) is 0 Å². The number of thiazole rings is 1. The van der Waals surface area contributed by atoms with Gasteiger partial charge >= 0.3 is 0 Å². The highest BCUT2D eigenvalue weighted by Gasteiger charge is 2.18. The molecule has 128 valence electrons. The lowest BCUT2D eigenvalue weighted by molar-refractivity contribution is 0.0949. The van der Waals surface area contributed by atoms with Gasteiger partial charge in [-0.05, 0) is 38.0 Å². The van der Waals surface area contributed by atoms with E-state index in [9.17, 15) is 4.79 Å². The topological polar surface area (TPSA) is 52.8 Å². The molecule has 3 rings (SSSR count). The minimum absolute atomic E-state index is 0.189. The van der Waals surface area contributed by atoms with Crippen molar-refractivity contribution < 1.29 is 14.3 Å². The number of halogens is 1. The van der Waals surface area contributed by atoms with Crippen LogP contribution in [0.1, 0.15) is 28.1 Å². The highest BCUT2D eigenvalue weighted by molar-refractivity contribution is 7.09. The molecule has 0 radical (unpaired) electrons. The molecule has 1 aliphatic rings. The number of aromatic nitrogens is 1. The van der Waals surface area contributed by atoms with Crippen molar-refractivity contribution in [1.82, 2.24) is 4.57 Å². The van der Waals surface area contributed by atoms with Crippen LogP contribution in [-0.4, -0.2) is 30.3 Å². The number of amides is 1. The van der Waals surface area contributed by atoms with Gasteiger partial charge in [0.05, 0.1) is 25.3 Å². The molecule has 1 aromatic heterocycles. The lowest BCUT2D eigenvalue weighted by Gasteiger charge is -2.10. The zero-order chi connectivity index (χ0) is 17.1. The maximum Gasteiger partial charge on any atom is 0.283 e. The second-order valence-corrected chi connectivity index (χ2v) is 7.32. The van der Waals surface area contributed by atoms with Gasteiger partial charge in [-0.1, -0.05) is 11.6 Å². The Labute approximate surface area is 149 Å². The van der Waals surface area contributed by atoms with Gasteiger partial charge in [-0.25, -0.2) is 0 Å². The molecule has 1 unspecified atom stereocenters. The number of hydrogen-bond donors (Lipinski definition) is 0. The van der Waals surface area contributed by atoms with E-state index < -0.39 is 0 Å². The number of carbonyl (C=O) groups excluding carboxylic acids is 1. The number of nitrogens with zero attached hydrogens (tertiary/aromatic N) is 2. The third-order valence-electron chi connectivity index (χ3n) is 3.85. The summed E-state index contributed by atoms with van der Waals surface area (Å²) in [4.78, 5) is 18.6. The molecule has 2 aromatic rings. The molecule has 0 aliphatic carbocycles. The molecule has 0 N–H and O–H groups in total. The number of benzene rings is 1. The third kappa shape index (κ3) is 3.88. The maximum absolute atomic E-state index is 12.6. The fourth-order valence-electron chi connectivity index (χ4n) is 2.72. The Morgan fingerprint density at radius 1 is 1.54 bits per heavy atom. The van der Waals surface area contributed by atoms with Crippen molar-refractivity contribution in [3.05, 3.63) is 44.7 Å². The summed E-state index contributed by atoms with van der Waals surface area (Å²) in [5, 5.41) is 0.476. The van der Waals surface area contributed by atoms with Crippen LogP contribution >= 0.6 is 22.9 Å². The monoisotopic (exact) mass is 366 g/mol. The summed E-state index contributed by atoms with van der Waals surface area (Å²) in [5.74, 6) is 0.101. The molecule has 1 fully saturated rings. The minimum Gasteiger partial charge on any atom is -0.496 e. The highest BCUT2D eigenvalue weighted by Crippen LogP contribution is 2.23. The van der Waals surface area contributed by atoms with Crippen LogP contribution in [-0.2, 0) is 11.3 Å². The molecule has 1 aromatic carbocycles. The van der Waals surface area contributed by atoms with E-state index in [4.69, 9.17) is 21.1 Å². The van der Waals surface area contributed by atoms with Crippen LogP contribution in [0.5, 0.6) is 5.75 Å². The Morgan fingerprint density at radius 3 is 3.08 bits per heavy atom. The van der Waals surface area contributed by atoms with Gasteiger partial charge in [-0.3, -0.25) is 4.79 Å². The quantitative estimate of drug-likeness (QED) is 0.832. The molecule has 1 atom stereocenters. The van der Waals surface area contributed by atoms with Crippen LogP contribution < -0.4 is 9.54 Å². The molecule has 2 heterocycles. The Hall–Kier alpha value is -1.63. The minimum atomic E-state index is -0.364. The van der Waals surface area contributed by atoms with Crippen LogP contribution in [0.15, 0.2) is 29.4 Å². The molecule has 1 aliphatic heterocycles. The van der Waals surface area contributed by atoms with Gasteiger partial charge in [0.2, 0.25) is 0 Å². The summed E-state index contributed by atoms with van der Waals surface area (Å²) in [6.45, 7) is 3.52. The molecule has 24 heavy (non-hydrogen) atoms. The fourth-order valence-corrected chi connectivity index (χ4v) is 3.74. The van der Waals surface area contributed by atoms with E-state index in [0.717, 1.165) is 24.3 Å². The zero-order valence-electron chi connectivity index (χ0n) is 13.6. The number of rotatable bonds is 4. The second-order valence-electron chi connectivity index (χ2n) is 5.67. The van der Waals surface area contributed by atoms with E-state index >= 15 is 0 Å². The summed E-state index contributed by atoms with van der Waals surface area (Å²) in [5.41, 5.74) is 0.361. The van der Waals surface area contributed by atoms with Crippen LogP contribution in [0, 0.1) is 6.92 Å². The molecule has 7 heteroatoms. The van der Waals surface area contributed by atoms with Gasteiger partial charge in [0.1, 0.15) is 5.75 Å². The number of hydrogen-bond acceptors (Lipinski definition) is 4. The van der Waals surface area contributed by atoms with Crippen LogP contribution in [0.2, 0.25) is 5.02 Å². The molecular weight excluding hydrogens is 348 g/mol. The first kappa shape index (κ1) is 17.2. The first-order valence-corrected chi connectivity index (χ1v) is 8.97. The predicted octanol–water partition coefficient (Wildman–Crippen LogP) is 3.44. The van der Waals surface area contributed by atoms with Gasteiger partial charge in [-0.2, -0.15) is 4.99 Å². The van der Waals surface area contributed by atoms with Crippen molar-refractivity contribution in [2.75, 3.05) is 13.7 Å². The predicted molar refractivity (Wildman–Crippen MR) is 93.9 cm³/mol. The van der Waals surface area contributed by atoms with Crippen LogP contribution in [0.25, 0.3) is 0 Å². The standard InChI is InChI=1S/C17H19ClN2O3S/c1-11-9-20(10-13-4-3-7-23-13)17(24-11)19-16(21)14-8-12(18)5-6-15(14)22-2/h5-6,8-9,13H,3-4,7,10H2,1-2H3/b19-17-. The van der Waals surface area contributed by atoms with Crippen LogP contribution in [0.3, 0.4) is 0 Å². The SMILES string of the molecule is COc1ccc(Cl)cc1C(=O)/N=c1\sc(C)cn1CC1CCCO1. The average molecular weight is 367 g/mol. The average Bonchev–Trinajstić information content (AvgIpc) is 3.18. The van der Waals surface area contributed by atoms with E-state index in [1.807, 2.05) is 17.7 Å². The highest BCUT2D eigenvalue weighted by atomic mass is 35.5. The Bertz CT molecular complexity index is 806. The zero-order valence-corrected chi connectivity index (χ0v) is 15.2. The first-order valence-electron chi connectivity index (χ1n) is 7.78. The molecular formula is C17H19ClN2O3S. The lowest BCUT2D eigenvalue weighted by atomic mass is 10.2. The summed E-state index contributed by atoms with van der Waals surface area (Å²) in [6, 6.07) is 4.94. The lowest BCUT2D eigenvalue weighted by Crippen LogP contribution is -2.23. The van der Waals surface area contributed by atoms with Crippen molar-refractivity contribution in [3.8, 4) is 5.75 Å². The van der Waals surface area contributed by atoms with Crippen molar-refractivity contribution in [1.29, 1.82) is 0 Å². The maximum atomic E-state index is 12.6. The van der Waals surface area contributed by atoms with Gasteiger partial charge in [0.25, 0.3) is 5.91 Å². The molecule has 1 amide bonds. The van der Waals surface area contributed by atoms with E-state index in [1.54, 1.807) is 18.2 Å². The van der Waals surface area contributed by atoms with Crippen molar-refractivity contribution in [2.45, 2.75) is 32.4 Å². The van der Waals surface area contributed by atoms with Crippen molar-refractivity contribution in [2.24, 2.45) is 4.99 Å². The van der Waals surface area contributed by atoms with Crippen LogP contribution in [0.4, 0.5) is 0 Å². The molecule has 0 saturated carbocycles. The largest absolute Gasteiger partial charge is 0.496 e. The van der Waals surface area contributed by atoms with Gasteiger partial charge in [0.15, 0.2) is 4.80 Å². The van der Waals surface area contributed by atoms with Gasteiger partial charge < -0.3 is 14.0 Å². The summed E-state index contributed by atoms with van der Waals surface area (Å²) in [6.07, 6.45) is 4.32. The van der Waals surface area contributed by atoms with E-state index in [2.05, 4.69) is 4.99 Å². The Morgan fingerprint density at radius 2 is 2.38 bits per heavy atom. The third-order valence-corrected chi connectivity index (χ3v) is 5.02. The summed E-state index contributed by atoms with van der Waals surface area (Å²) in [7, 11) is 1.52. The molecule has 1 saturated heterocycles. The summed E-state index contributed by atoms with van der Waals surface area (Å²) >= 11 is 7.49. The van der Waals surface area contributed by atoms with E-state index in [-0.39, 0.29) is 12.0 Å². The Kier molecular flexibility index (Phi) is 5.38. The first-order chi connectivity index (χ1) is 11.6. The normalized spacial score (nSPS) is 18.1. The Balaban J connectivity index is 1.93. The smallest absolute Gasteiger partial charge is 0.283 e. The van der Waals surface area contributed by atoms with E-state index in [1.165, 1.54) is 18.4 Å². The number of ether oxygens (including phenoxy) is 2. The number of methoxy groups -OCH3 is 1. The number of aryl methyl sites for hydroxylation is 1. The van der Waals surface area contributed by atoms with Crippen molar-refractivity contribution >= 4 is 28.8 Å². The van der Waals surface area contributed by atoms with Gasteiger partial charge in [0, 0.05) is 22.7 Å². The molecule has 5 nitrogen and oxygen atoms in total. The molecule has 0 spiro atoms. The van der Waals surface area contributed by atoms with E-state index in [0.29, 0.717) is 27.7 Å². The second kappa shape index (κ2) is 7.51. The number of carbonyl (C=O) groups is 1. The fraction of sp³-hybridized carbons (Fsp3) is 0.412. The summed E-state index contributed by atoms with van der Waals surface area (Å²) < 4.78 is 12.9. The molecule has 0 bridgehead atoms.